The molecule has 0 bridgehead atoms. The smallest absolute Gasteiger partial charge is 0.244 e. The average molecular weight is 328 g/mol. The third-order valence-electron chi connectivity index (χ3n) is 4.22. The number of aryl methyl sites for hydroxylation is 1. The molecule has 1 fully saturated rings. The highest BCUT2D eigenvalue weighted by molar-refractivity contribution is 5.75. The molecule has 6 nitrogen and oxygen atoms in total. The predicted molar refractivity (Wildman–Crippen MR) is 90.6 cm³/mol. The average Bonchev–Trinajstić information content (AvgIpc) is 2.83. The number of amides is 1. The Morgan fingerprint density at radius 2 is 2.00 bits per heavy atom. The van der Waals surface area contributed by atoms with Crippen LogP contribution in [-0.2, 0) is 17.9 Å². The topological polar surface area (TPSA) is 60.2 Å². The Kier molecular flexibility index (Phi) is 5.46. The highest BCUT2D eigenvalue weighted by Crippen LogP contribution is 2.14. The molecule has 0 saturated carbocycles. The molecule has 0 radical (unpaired) electrons. The van der Waals surface area contributed by atoms with E-state index in [1.165, 1.54) is 12.8 Å². The van der Waals surface area contributed by atoms with Crippen LogP contribution in [0.15, 0.2) is 30.5 Å². The number of aromatic nitrogens is 3. The first-order chi connectivity index (χ1) is 11.7. The molecule has 1 saturated heterocycles. The van der Waals surface area contributed by atoms with Crippen molar-refractivity contribution in [3.05, 3.63) is 41.7 Å². The first kappa shape index (κ1) is 16.5. The number of carbonyl (C=O) groups excluding carboxylic acids is 1. The summed E-state index contributed by atoms with van der Waals surface area (Å²) >= 11 is 0. The van der Waals surface area contributed by atoms with Crippen molar-refractivity contribution in [2.24, 2.45) is 0 Å². The Hall–Kier alpha value is -2.37. The van der Waals surface area contributed by atoms with Gasteiger partial charge in [0.2, 0.25) is 5.91 Å². The fourth-order valence-corrected chi connectivity index (χ4v) is 2.90. The van der Waals surface area contributed by atoms with Gasteiger partial charge >= 0.3 is 0 Å². The number of nitrogens with zero attached hydrogens (tertiary/aromatic N) is 4. The summed E-state index contributed by atoms with van der Waals surface area (Å²) in [6.07, 6.45) is 6.41. The van der Waals surface area contributed by atoms with E-state index in [2.05, 4.69) is 10.3 Å². The maximum Gasteiger partial charge on any atom is 0.244 e. The zero-order valence-electron chi connectivity index (χ0n) is 14.1. The summed E-state index contributed by atoms with van der Waals surface area (Å²) in [6.45, 7) is 4.34. The van der Waals surface area contributed by atoms with Gasteiger partial charge in [-0.3, -0.25) is 4.79 Å². The number of hydrogen-bond acceptors (Lipinski definition) is 4. The Labute approximate surface area is 142 Å². The first-order valence-electron chi connectivity index (χ1n) is 8.57. The van der Waals surface area contributed by atoms with Gasteiger partial charge in [-0.15, -0.1) is 5.10 Å². The van der Waals surface area contributed by atoms with Crippen LogP contribution >= 0.6 is 0 Å². The Morgan fingerprint density at radius 1 is 1.21 bits per heavy atom. The lowest BCUT2D eigenvalue weighted by Crippen LogP contribution is -2.34. The van der Waals surface area contributed by atoms with Gasteiger partial charge in [-0.05, 0) is 37.5 Å². The lowest BCUT2D eigenvalue weighted by molar-refractivity contribution is -0.132. The van der Waals surface area contributed by atoms with E-state index < -0.39 is 0 Å². The van der Waals surface area contributed by atoms with Gasteiger partial charge in [0.15, 0.2) is 0 Å². The van der Waals surface area contributed by atoms with Crippen LogP contribution in [0.25, 0.3) is 0 Å². The van der Waals surface area contributed by atoms with E-state index in [4.69, 9.17) is 4.74 Å². The lowest BCUT2D eigenvalue weighted by atomic mass is 10.2. The van der Waals surface area contributed by atoms with E-state index in [0.717, 1.165) is 42.9 Å². The zero-order chi connectivity index (χ0) is 16.8. The van der Waals surface area contributed by atoms with Crippen LogP contribution in [0.2, 0.25) is 0 Å². The Balaban J connectivity index is 1.52. The fraction of sp³-hybridized carbons (Fsp3) is 0.500. The maximum atomic E-state index is 12.4. The molecule has 128 valence electrons. The van der Waals surface area contributed by atoms with E-state index in [1.54, 1.807) is 10.9 Å². The molecular formula is C18H24N4O2. The number of hydrogen-bond donors (Lipinski definition) is 0. The molecule has 1 aromatic heterocycles. The molecule has 0 aliphatic carbocycles. The van der Waals surface area contributed by atoms with Crippen molar-refractivity contribution in [2.75, 3.05) is 13.1 Å². The summed E-state index contributed by atoms with van der Waals surface area (Å²) in [5.74, 6) is 0.929. The fourth-order valence-electron chi connectivity index (χ4n) is 2.90. The molecule has 1 aliphatic heterocycles. The maximum absolute atomic E-state index is 12.4. The van der Waals surface area contributed by atoms with Crippen molar-refractivity contribution in [1.82, 2.24) is 19.9 Å². The van der Waals surface area contributed by atoms with Crippen molar-refractivity contribution in [1.29, 1.82) is 0 Å². The normalized spacial score (nSPS) is 15.1. The van der Waals surface area contributed by atoms with Gasteiger partial charge in [0.1, 0.15) is 24.6 Å². The van der Waals surface area contributed by atoms with Crippen LogP contribution in [0, 0.1) is 6.92 Å². The highest BCUT2D eigenvalue weighted by atomic mass is 16.5. The second kappa shape index (κ2) is 7.95. The van der Waals surface area contributed by atoms with Crippen LogP contribution in [-0.4, -0.2) is 38.9 Å². The second-order valence-electron chi connectivity index (χ2n) is 6.31. The molecule has 0 unspecified atom stereocenters. The van der Waals surface area contributed by atoms with Crippen molar-refractivity contribution in [3.8, 4) is 5.75 Å². The molecule has 6 heteroatoms. The van der Waals surface area contributed by atoms with Crippen molar-refractivity contribution in [2.45, 2.75) is 45.8 Å². The summed E-state index contributed by atoms with van der Waals surface area (Å²) in [5, 5.41) is 8.13. The largest absolute Gasteiger partial charge is 0.487 e. The van der Waals surface area contributed by atoms with Crippen LogP contribution in [0.4, 0.5) is 0 Å². The number of ether oxygens (including phenoxy) is 1. The third kappa shape index (κ3) is 4.57. The number of carbonyl (C=O) groups is 1. The standard InChI is InChI=1S/C18H24N4O2/c1-15-7-6-8-17(11-15)24-14-16-12-22(20-19-16)13-18(23)21-9-4-2-3-5-10-21/h6-8,11-12H,2-5,9-10,13-14H2,1H3. The van der Waals surface area contributed by atoms with E-state index in [0.29, 0.717) is 6.61 Å². The molecule has 0 atom stereocenters. The number of rotatable bonds is 5. The molecular weight excluding hydrogens is 304 g/mol. The predicted octanol–water partition coefficient (Wildman–Crippen LogP) is 2.57. The van der Waals surface area contributed by atoms with Gasteiger partial charge in [-0.1, -0.05) is 30.2 Å². The minimum atomic E-state index is 0.118. The van der Waals surface area contributed by atoms with Gasteiger partial charge in [0.25, 0.3) is 0 Å². The lowest BCUT2D eigenvalue weighted by Gasteiger charge is -2.19. The van der Waals surface area contributed by atoms with Crippen LogP contribution < -0.4 is 4.74 Å². The van der Waals surface area contributed by atoms with Crippen LogP contribution in [0.3, 0.4) is 0 Å². The minimum Gasteiger partial charge on any atom is -0.487 e. The van der Waals surface area contributed by atoms with Gasteiger partial charge < -0.3 is 9.64 Å². The zero-order valence-corrected chi connectivity index (χ0v) is 14.1. The van der Waals surface area contributed by atoms with E-state index in [-0.39, 0.29) is 12.5 Å². The summed E-state index contributed by atoms with van der Waals surface area (Å²) in [6, 6.07) is 7.88. The molecule has 0 spiro atoms. The summed E-state index contributed by atoms with van der Waals surface area (Å²) < 4.78 is 7.31. The van der Waals surface area contributed by atoms with Gasteiger partial charge in [0.05, 0.1) is 6.20 Å². The number of benzene rings is 1. The molecule has 3 rings (SSSR count). The minimum absolute atomic E-state index is 0.118. The van der Waals surface area contributed by atoms with Crippen molar-refractivity contribution >= 4 is 5.91 Å². The molecule has 1 aliphatic rings. The van der Waals surface area contributed by atoms with Gasteiger partial charge in [0, 0.05) is 13.1 Å². The van der Waals surface area contributed by atoms with Crippen LogP contribution in [0.5, 0.6) is 5.75 Å². The van der Waals surface area contributed by atoms with E-state index >= 15 is 0 Å². The SMILES string of the molecule is Cc1cccc(OCc2cn(CC(=O)N3CCCCCC3)nn2)c1. The molecule has 0 N–H and O–H groups in total. The molecule has 1 aromatic carbocycles. The van der Waals surface area contributed by atoms with Gasteiger partial charge in [-0.2, -0.15) is 0 Å². The summed E-state index contributed by atoms with van der Waals surface area (Å²) in [7, 11) is 0. The number of likely N-dealkylation sites (tertiary alicyclic amines) is 1. The summed E-state index contributed by atoms with van der Waals surface area (Å²) in [4.78, 5) is 14.3. The molecule has 24 heavy (non-hydrogen) atoms. The molecule has 2 heterocycles. The molecule has 1 amide bonds. The Morgan fingerprint density at radius 3 is 2.75 bits per heavy atom. The summed E-state index contributed by atoms with van der Waals surface area (Å²) in [5.41, 5.74) is 1.87. The van der Waals surface area contributed by atoms with Crippen LogP contribution in [0.1, 0.15) is 36.9 Å². The second-order valence-corrected chi connectivity index (χ2v) is 6.31. The van der Waals surface area contributed by atoms with E-state index in [9.17, 15) is 4.79 Å². The Bertz CT molecular complexity index is 675. The van der Waals surface area contributed by atoms with Crippen molar-refractivity contribution in [3.63, 3.8) is 0 Å². The molecule has 2 aromatic rings. The van der Waals surface area contributed by atoms with Gasteiger partial charge in [-0.25, -0.2) is 4.68 Å². The quantitative estimate of drug-likeness (QED) is 0.846. The monoisotopic (exact) mass is 328 g/mol. The van der Waals surface area contributed by atoms with Crippen molar-refractivity contribution < 1.29 is 9.53 Å². The first-order valence-corrected chi connectivity index (χ1v) is 8.57. The highest BCUT2D eigenvalue weighted by Gasteiger charge is 2.16. The third-order valence-corrected chi connectivity index (χ3v) is 4.22. The van der Waals surface area contributed by atoms with E-state index in [1.807, 2.05) is 36.1 Å².